The number of ether oxygens (including phenoxy) is 4. The Hall–Kier alpha value is -3.83. The fourth-order valence-corrected chi connectivity index (χ4v) is 3.06. The van der Waals surface area contributed by atoms with Crippen LogP contribution >= 0.6 is 62.1 Å². The third-order valence-electron chi connectivity index (χ3n) is 4.41. The summed E-state index contributed by atoms with van der Waals surface area (Å²) >= 11 is 25.0. The van der Waals surface area contributed by atoms with Gasteiger partial charge in [0.05, 0.1) is 44.8 Å². The second kappa shape index (κ2) is 29.0. The first-order valence-corrected chi connectivity index (χ1v) is 19.3. The van der Waals surface area contributed by atoms with E-state index in [-0.39, 0.29) is 10.7 Å². The molecule has 0 aliphatic heterocycles. The average Bonchev–Trinajstić information content (AvgIpc) is 3.02. The van der Waals surface area contributed by atoms with Crippen molar-refractivity contribution >= 4 is 62.1 Å². The van der Waals surface area contributed by atoms with Crippen LogP contribution in [0, 0.1) is 16.5 Å². The van der Waals surface area contributed by atoms with Gasteiger partial charge in [0, 0.05) is 49.6 Å². The van der Waals surface area contributed by atoms with Gasteiger partial charge in [0.2, 0.25) is 0 Å². The quantitative estimate of drug-likeness (QED) is 0.0574. The summed E-state index contributed by atoms with van der Waals surface area (Å²) in [7, 11) is 0. The highest BCUT2D eigenvalue weighted by Crippen LogP contribution is 2.61. The zero-order valence-electron chi connectivity index (χ0n) is 27.6. The van der Waals surface area contributed by atoms with Gasteiger partial charge in [0.25, 0.3) is 16.3 Å². The molecule has 4 aromatic rings. The average molecular weight is 820 g/mol. The highest BCUT2D eigenvalue weighted by atomic mass is 36.0. The van der Waals surface area contributed by atoms with E-state index in [1.165, 1.54) is 43.6 Å². The van der Waals surface area contributed by atoms with Gasteiger partial charge < -0.3 is 34.3 Å². The fourth-order valence-electron chi connectivity index (χ4n) is 2.73. The number of aromatic amines is 1. The van der Waals surface area contributed by atoms with Crippen molar-refractivity contribution in [1.82, 2.24) is 14.7 Å². The van der Waals surface area contributed by atoms with Gasteiger partial charge in [-0.1, -0.05) is 11.6 Å². The minimum atomic E-state index is -3.22. The smallest absolute Gasteiger partial charge is 0.339 e. The lowest BCUT2D eigenvalue weighted by atomic mass is 10.4. The molecular formula is C30H37Cl5N5O9P. The molecule has 4 heterocycles. The Morgan fingerprint density at radius 3 is 1.76 bits per heavy atom. The Bertz CT molecular complexity index is 1710. The molecule has 14 nitrogen and oxygen atoms in total. The van der Waals surface area contributed by atoms with E-state index in [4.69, 9.17) is 52.6 Å². The van der Waals surface area contributed by atoms with Gasteiger partial charge in [-0.05, 0) is 85.2 Å². The molecule has 0 radical (unpaired) electrons. The van der Waals surface area contributed by atoms with Crippen molar-refractivity contribution in [2.24, 2.45) is 0 Å². The van der Waals surface area contributed by atoms with Crippen molar-refractivity contribution in [3.8, 4) is 29.1 Å². The maximum atomic E-state index is 10.7. The monoisotopic (exact) mass is 817 g/mol. The van der Waals surface area contributed by atoms with Gasteiger partial charge in [-0.3, -0.25) is 14.2 Å². The maximum Gasteiger partial charge on any atom is 0.339 e. The maximum absolute atomic E-state index is 10.7. The van der Waals surface area contributed by atoms with Crippen molar-refractivity contribution in [2.45, 2.75) is 34.6 Å². The standard InChI is InChI=1S/C7H8ClNO2.C7H8ClNO.C7H9NO3.C7H9NO2.C2H3N.Cl3OP/c1-2-11-6-3-4-9(10)7(8)5-6;1-2-10-6-3-4-9-7(8)5-6;1-2-11-6-3-4-8(10)7(9)5-6;1-2-10-6-3-4-8-7(9)5-6;1-2-3;1-5(2,3)4/h3-5H,2H2,1H3;3-5H,2H2,1H3;3-5,10H,2H2,1H3;3-5H,2H2,1H3,(H,8,9);1H3;. The van der Waals surface area contributed by atoms with Crippen LogP contribution in [0.1, 0.15) is 34.6 Å². The molecule has 276 valence electrons. The van der Waals surface area contributed by atoms with Crippen LogP contribution in [0.3, 0.4) is 0 Å². The number of nitrogens with zero attached hydrogens (tertiary/aromatic N) is 4. The van der Waals surface area contributed by atoms with E-state index in [1.807, 2.05) is 27.7 Å². The summed E-state index contributed by atoms with van der Waals surface area (Å²) in [5, 5.41) is 24.1. The summed E-state index contributed by atoms with van der Waals surface area (Å²) in [5.41, 5.74) is -0.623. The van der Waals surface area contributed by atoms with Crippen molar-refractivity contribution in [3.63, 3.8) is 0 Å². The number of hydrogen-bond acceptors (Lipinski definition) is 11. The molecule has 0 saturated carbocycles. The highest BCUT2D eigenvalue weighted by molar-refractivity contribution is 8.24. The molecule has 0 aliphatic carbocycles. The molecule has 0 spiro atoms. The van der Waals surface area contributed by atoms with Gasteiger partial charge in [-0.2, -0.15) is 14.7 Å². The minimum Gasteiger partial charge on any atom is -0.618 e. The largest absolute Gasteiger partial charge is 0.618 e. The molecule has 0 amide bonds. The first-order valence-electron chi connectivity index (χ1n) is 14.2. The lowest BCUT2D eigenvalue weighted by molar-refractivity contribution is -0.603. The Morgan fingerprint density at radius 1 is 0.880 bits per heavy atom. The molecule has 20 heteroatoms. The number of hydrogen-bond donors (Lipinski definition) is 2. The molecule has 0 unspecified atom stereocenters. The Morgan fingerprint density at radius 2 is 1.34 bits per heavy atom. The molecule has 0 bridgehead atoms. The second-order valence-corrected chi connectivity index (χ2v) is 15.5. The van der Waals surface area contributed by atoms with Crippen molar-refractivity contribution < 1.29 is 33.5 Å². The van der Waals surface area contributed by atoms with Crippen LogP contribution in [0.25, 0.3) is 0 Å². The summed E-state index contributed by atoms with van der Waals surface area (Å²) in [5.74, 6) is 2.47. The number of nitriles is 1. The van der Waals surface area contributed by atoms with E-state index < -0.39 is 10.8 Å². The molecule has 0 atom stereocenters. The SMILES string of the molecule is CC#N.CCOc1cc[n+]([O-])c(Cl)c1.CCOc1cc[nH]c(=O)c1.CCOc1ccn(O)c(=O)c1.CCOc1ccnc(Cl)c1.O=P(Cl)(Cl)Cl. The lowest BCUT2D eigenvalue weighted by Gasteiger charge is -2.02. The van der Waals surface area contributed by atoms with E-state index in [2.05, 4.69) is 43.7 Å². The van der Waals surface area contributed by atoms with Gasteiger partial charge >= 0.3 is 5.20 Å². The molecule has 0 aliphatic rings. The summed E-state index contributed by atoms with van der Waals surface area (Å²) in [6.45, 7) is 11.2. The number of nitrogens with one attached hydrogen (secondary N) is 1. The lowest BCUT2D eigenvalue weighted by Crippen LogP contribution is -2.26. The summed E-state index contributed by atoms with van der Waals surface area (Å²) in [6, 6.07) is 14.1. The van der Waals surface area contributed by atoms with E-state index in [0.717, 1.165) is 5.75 Å². The Labute approximate surface area is 313 Å². The van der Waals surface area contributed by atoms with Crippen LogP contribution in [0.15, 0.2) is 82.9 Å². The molecule has 4 aromatic heterocycles. The van der Waals surface area contributed by atoms with Crippen LogP contribution in [-0.4, -0.2) is 46.3 Å². The zero-order valence-corrected chi connectivity index (χ0v) is 32.3. The summed E-state index contributed by atoms with van der Waals surface area (Å²) in [6.07, 6.45) is 5.74. The summed E-state index contributed by atoms with van der Waals surface area (Å²) in [4.78, 5) is 27.7. The fraction of sp³-hybridized carbons (Fsp3) is 0.300. The Kier molecular flexibility index (Phi) is 28.0. The van der Waals surface area contributed by atoms with Crippen molar-refractivity contribution in [3.05, 3.63) is 110 Å². The number of aromatic nitrogens is 4. The van der Waals surface area contributed by atoms with Crippen molar-refractivity contribution in [1.29, 1.82) is 5.26 Å². The van der Waals surface area contributed by atoms with E-state index in [0.29, 0.717) is 58.3 Å². The Balaban J connectivity index is 0. The number of pyridine rings is 4. The second-order valence-electron chi connectivity index (χ2n) is 8.11. The predicted octanol–water partition coefficient (Wildman–Crippen LogP) is 8.10. The van der Waals surface area contributed by atoms with Crippen LogP contribution < -0.4 is 34.8 Å². The van der Waals surface area contributed by atoms with Gasteiger partial charge in [0.15, 0.2) is 6.20 Å². The zero-order chi connectivity index (χ0) is 38.5. The predicted molar refractivity (Wildman–Crippen MR) is 196 cm³/mol. The van der Waals surface area contributed by atoms with Crippen LogP contribution in [0.5, 0.6) is 23.0 Å². The first kappa shape index (κ1) is 48.3. The van der Waals surface area contributed by atoms with E-state index >= 15 is 0 Å². The number of H-pyrrole nitrogens is 1. The molecule has 4 rings (SSSR count). The minimum absolute atomic E-state index is 0.121. The van der Waals surface area contributed by atoms with Gasteiger partial charge in [-0.15, -0.1) is 0 Å². The third-order valence-corrected chi connectivity index (χ3v) is 4.89. The number of rotatable bonds is 8. The first-order chi connectivity index (χ1) is 23.5. The molecule has 50 heavy (non-hydrogen) atoms. The molecule has 0 fully saturated rings. The van der Waals surface area contributed by atoms with E-state index in [1.54, 1.807) is 42.7 Å². The van der Waals surface area contributed by atoms with Gasteiger partial charge in [0.1, 0.15) is 28.2 Å². The topological polar surface area (TPSA) is 193 Å². The molecule has 0 saturated heterocycles. The van der Waals surface area contributed by atoms with Gasteiger partial charge in [-0.25, -0.2) is 4.98 Å². The van der Waals surface area contributed by atoms with Crippen LogP contribution in [-0.2, 0) is 4.57 Å². The van der Waals surface area contributed by atoms with Crippen LogP contribution in [0.2, 0.25) is 10.3 Å². The number of halogens is 5. The molecular weight excluding hydrogens is 783 g/mol. The highest BCUT2D eigenvalue weighted by Gasteiger charge is 2.03. The summed E-state index contributed by atoms with van der Waals surface area (Å²) < 4.78 is 30.9. The van der Waals surface area contributed by atoms with Crippen LogP contribution in [0.4, 0.5) is 0 Å². The van der Waals surface area contributed by atoms with E-state index in [9.17, 15) is 19.4 Å². The van der Waals surface area contributed by atoms with Crippen molar-refractivity contribution in [2.75, 3.05) is 26.4 Å². The molecule has 0 aromatic carbocycles. The molecule has 2 N–H and O–H groups in total. The third kappa shape index (κ3) is 28.1. The normalized spacial score (nSPS) is 9.30.